The van der Waals surface area contributed by atoms with Gasteiger partial charge in [0.15, 0.2) is 11.9 Å². The van der Waals surface area contributed by atoms with Crippen LogP contribution >= 0.6 is 23.2 Å². The van der Waals surface area contributed by atoms with Crippen LogP contribution in [0.3, 0.4) is 0 Å². The van der Waals surface area contributed by atoms with Crippen molar-refractivity contribution in [3.05, 3.63) is 62.1 Å². The van der Waals surface area contributed by atoms with Gasteiger partial charge in [-0.3, -0.25) is 4.79 Å². The average molecular weight is 391 g/mol. The van der Waals surface area contributed by atoms with Gasteiger partial charge in [0.25, 0.3) is 0 Å². The molecule has 26 heavy (non-hydrogen) atoms. The molecule has 1 heterocycles. The van der Waals surface area contributed by atoms with E-state index in [1.54, 1.807) is 0 Å². The van der Waals surface area contributed by atoms with E-state index in [0.29, 0.717) is 23.3 Å². The molecule has 0 spiro atoms. The van der Waals surface area contributed by atoms with Gasteiger partial charge in [0.1, 0.15) is 10.8 Å². The van der Waals surface area contributed by atoms with Crippen LogP contribution in [-0.2, 0) is 23.1 Å². The van der Waals surface area contributed by atoms with Crippen LogP contribution in [0.4, 0.5) is 0 Å². The number of aryl methyl sites for hydroxylation is 1. The van der Waals surface area contributed by atoms with Crippen LogP contribution < -0.4 is 4.74 Å². The normalized spacial score (nSPS) is 23.5. The van der Waals surface area contributed by atoms with Gasteiger partial charge >= 0.3 is 5.97 Å². The molecule has 134 valence electrons. The summed E-state index contributed by atoms with van der Waals surface area (Å²) in [7, 11) is 0. The number of hydrogen-bond acceptors (Lipinski definition) is 3. The van der Waals surface area contributed by atoms with Crippen molar-refractivity contribution < 1.29 is 19.4 Å². The number of benzene rings is 2. The van der Waals surface area contributed by atoms with Crippen LogP contribution in [0.5, 0.6) is 5.75 Å². The number of aliphatic carboxylic acids is 1. The van der Waals surface area contributed by atoms with Gasteiger partial charge in [0.05, 0.1) is 10.4 Å². The van der Waals surface area contributed by atoms with Gasteiger partial charge in [0.2, 0.25) is 0 Å². The van der Waals surface area contributed by atoms with Crippen molar-refractivity contribution in [2.75, 3.05) is 0 Å². The zero-order chi connectivity index (χ0) is 18.8. The van der Waals surface area contributed by atoms with E-state index in [-0.39, 0.29) is 22.2 Å². The molecular formula is C20H16Cl2O4. The minimum atomic E-state index is -1.06. The maximum Gasteiger partial charge on any atom is 0.345 e. The number of carbonyl (C=O) groups is 2. The van der Waals surface area contributed by atoms with E-state index in [1.165, 1.54) is 0 Å². The summed E-state index contributed by atoms with van der Waals surface area (Å²) in [6, 6.07) is 7.84. The summed E-state index contributed by atoms with van der Waals surface area (Å²) in [5.74, 6) is -0.860. The zero-order valence-electron chi connectivity index (χ0n) is 14.2. The SMILES string of the molecule is Cc1ccc(C2(C)Cc3c4c(c(Cl)c(Cl)c3C2=O)OC(C(=O)O)C4)cc1. The summed E-state index contributed by atoms with van der Waals surface area (Å²) in [6.45, 7) is 3.88. The number of fused-ring (bicyclic) bond motifs is 3. The third kappa shape index (κ3) is 2.29. The molecule has 1 N–H and O–H groups in total. The molecule has 0 saturated carbocycles. The molecule has 4 nitrogen and oxygen atoms in total. The van der Waals surface area contributed by atoms with Crippen molar-refractivity contribution in [1.29, 1.82) is 0 Å². The highest BCUT2D eigenvalue weighted by molar-refractivity contribution is 6.45. The second-order valence-corrected chi connectivity index (χ2v) is 7.90. The lowest BCUT2D eigenvalue weighted by atomic mass is 9.78. The Morgan fingerprint density at radius 1 is 1.19 bits per heavy atom. The lowest BCUT2D eigenvalue weighted by Gasteiger charge is -2.22. The molecular weight excluding hydrogens is 375 g/mol. The van der Waals surface area contributed by atoms with Gasteiger partial charge < -0.3 is 9.84 Å². The number of carboxylic acids is 1. The first-order valence-electron chi connectivity index (χ1n) is 8.28. The van der Waals surface area contributed by atoms with E-state index in [1.807, 2.05) is 38.1 Å². The van der Waals surface area contributed by atoms with Gasteiger partial charge in [-0.2, -0.15) is 0 Å². The predicted octanol–water partition coefficient (Wildman–Crippen LogP) is 4.39. The first kappa shape index (κ1) is 17.4. The minimum Gasteiger partial charge on any atom is -0.478 e. The van der Waals surface area contributed by atoms with Crippen LogP contribution in [-0.4, -0.2) is 23.0 Å². The molecule has 2 unspecified atom stereocenters. The number of carboxylic acid groups (broad SMARTS) is 1. The van der Waals surface area contributed by atoms with E-state index >= 15 is 0 Å². The Hall–Kier alpha value is -2.04. The van der Waals surface area contributed by atoms with Crippen molar-refractivity contribution in [3.63, 3.8) is 0 Å². The number of hydrogen-bond donors (Lipinski definition) is 1. The summed E-state index contributed by atoms with van der Waals surface area (Å²) in [6.07, 6.45) is -0.383. The van der Waals surface area contributed by atoms with Gasteiger partial charge in [-0.15, -0.1) is 0 Å². The van der Waals surface area contributed by atoms with Crippen molar-refractivity contribution >= 4 is 35.0 Å². The van der Waals surface area contributed by atoms with Crippen LogP contribution in [0.2, 0.25) is 10.0 Å². The zero-order valence-corrected chi connectivity index (χ0v) is 15.7. The maximum absolute atomic E-state index is 13.3. The molecule has 0 fully saturated rings. The third-order valence-electron chi connectivity index (χ3n) is 5.42. The van der Waals surface area contributed by atoms with Crippen molar-refractivity contribution in [1.82, 2.24) is 0 Å². The molecule has 1 aliphatic carbocycles. The summed E-state index contributed by atoms with van der Waals surface area (Å²) >= 11 is 12.7. The molecule has 2 aliphatic rings. The Morgan fingerprint density at radius 3 is 2.46 bits per heavy atom. The number of ether oxygens (including phenoxy) is 1. The molecule has 0 aromatic heterocycles. The Labute approximate surface area is 160 Å². The van der Waals surface area contributed by atoms with Gasteiger partial charge in [-0.05, 0) is 31.4 Å². The highest BCUT2D eigenvalue weighted by Gasteiger charge is 2.48. The Bertz CT molecular complexity index is 965. The van der Waals surface area contributed by atoms with Crippen LogP contribution in [0.1, 0.15) is 39.5 Å². The maximum atomic E-state index is 13.3. The minimum absolute atomic E-state index is 0.0928. The van der Waals surface area contributed by atoms with Crippen LogP contribution in [0, 0.1) is 6.92 Å². The van der Waals surface area contributed by atoms with Crippen molar-refractivity contribution in [3.8, 4) is 5.75 Å². The molecule has 0 bridgehead atoms. The summed E-state index contributed by atoms with van der Waals surface area (Å²) < 4.78 is 5.50. The lowest BCUT2D eigenvalue weighted by molar-refractivity contribution is -0.144. The average Bonchev–Trinajstić information content (AvgIpc) is 3.15. The number of rotatable bonds is 2. The van der Waals surface area contributed by atoms with Crippen molar-refractivity contribution in [2.45, 2.75) is 38.2 Å². The van der Waals surface area contributed by atoms with E-state index in [0.717, 1.165) is 16.7 Å². The Morgan fingerprint density at radius 2 is 1.85 bits per heavy atom. The van der Waals surface area contributed by atoms with E-state index in [2.05, 4.69) is 0 Å². The fourth-order valence-corrected chi connectivity index (χ4v) is 4.44. The summed E-state index contributed by atoms with van der Waals surface area (Å²) in [4.78, 5) is 24.6. The molecule has 2 atom stereocenters. The predicted molar refractivity (Wildman–Crippen MR) is 98.8 cm³/mol. The highest BCUT2D eigenvalue weighted by Crippen LogP contribution is 2.52. The number of carbonyl (C=O) groups excluding carboxylic acids is 1. The first-order valence-corrected chi connectivity index (χ1v) is 9.03. The molecule has 0 radical (unpaired) electrons. The molecule has 0 saturated heterocycles. The van der Waals surface area contributed by atoms with Gasteiger partial charge in [0, 0.05) is 17.5 Å². The monoisotopic (exact) mass is 390 g/mol. The summed E-state index contributed by atoms with van der Waals surface area (Å²) in [5.41, 5.74) is 3.09. The number of ketones is 1. The molecule has 4 rings (SSSR count). The smallest absolute Gasteiger partial charge is 0.345 e. The van der Waals surface area contributed by atoms with Crippen LogP contribution in [0.15, 0.2) is 24.3 Å². The second kappa shape index (κ2) is 5.73. The van der Waals surface area contributed by atoms with Gasteiger partial charge in [-0.1, -0.05) is 53.0 Å². The fraction of sp³-hybridized carbons (Fsp3) is 0.300. The summed E-state index contributed by atoms with van der Waals surface area (Å²) in [5, 5.41) is 9.55. The van der Waals surface area contributed by atoms with Crippen molar-refractivity contribution in [2.24, 2.45) is 0 Å². The molecule has 1 aliphatic heterocycles. The molecule has 6 heteroatoms. The van der Waals surface area contributed by atoms with E-state index in [4.69, 9.17) is 27.9 Å². The first-order chi connectivity index (χ1) is 12.2. The topological polar surface area (TPSA) is 63.6 Å². The van der Waals surface area contributed by atoms with Gasteiger partial charge in [-0.25, -0.2) is 4.79 Å². The Kier molecular flexibility index (Phi) is 3.83. The second-order valence-electron chi connectivity index (χ2n) is 7.14. The van der Waals surface area contributed by atoms with Crippen LogP contribution in [0.25, 0.3) is 0 Å². The fourth-order valence-electron chi connectivity index (χ4n) is 3.90. The molecule has 2 aromatic rings. The quantitative estimate of drug-likeness (QED) is 0.825. The molecule has 0 amide bonds. The highest BCUT2D eigenvalue weighted by atomic mass is 35.5. The lowest BCUT2D eigenvalue weighted by Crippen LogP contribution is -2.29. The standard InChI is InChI=1S/C20H16Cl2O4/c1-9-3-5-10(6-4-9)20(2)8-12-11-7-13(19(24)25)26-17(11)16(22)15(21)14(12)18(20)23/h3-6,13H,7-8H2,1-2H3,(H,24,25). The number of Topliss-reactive ketones (excluding diaryl/α,β-unsaturated/α-hetero) is 1. The molecule has 2 aromatic carbocycles. The van der Waals surface area contributed by atoms with E-state index in [9.17, 15) is 14.7 Å². The largest absolute Gasteiger partial charge is 0.478 e. The third-order valence-corrected chi connectivity index (χ3v) is 6.26. The van der Waals surface area contributed by atoms with E-state index < -0.39 is 17.5 Å². The Balaban J connectivity index is 1.87. The number of halogens is 2.